The maximum absolute atomic E-state index is 13.0. The predicted octanol–water partition coefficient (Wildman–Crippen LogP) is 4.76. The molecule has 3 aromatic rings. The molecule has 24 heavy (non-hydrogen) atoms. The van der Waals surface area contributed by atoms with E-state index in [4.69, 9.17) is 0 Å². The minimum atomic E-state index is -0.289. The van der Waals surface area contributed by atoms with Gasteiger partial charge >= 0.3 is 0 Å². The van der Waals surface area contributed by atoms with Gasteiger partial charge in [-0.05, 0) is 73.5 Å². The molecule has 3 rings (SSSR count). The number of hydrogen-bond donors (Lipinski definition) is 1. The third kappa shape index (κ3) is 3.49. The number of nitrogens with one attached hydrogen (secondary N) is 1. The third-order valence-corrected chi connectivity index (χ3v) is 3.93. The zero-order valence-corrected chi connectivity index (χ0v) is 13.5. The van der Waals surface area contributed by atoms with Crippen molar-refractivity contribution in [2.45, 2.75) is 13.8 Å². The summed E-state index contributed by atoms with van der Waals surface area (Å²) in [6.45, 7) is 4.03. The molecule has 0 bridgehead atoms. The molecule has 3 nitrogen and oxygen atoms in total. The van der Waals surface area contributed by atoms with Gasteiger partial charge in [-0.1, -0.05) is 6.07 Å². The molecule has 1 aromatic heterocycles. The molecule has 2 aromatic carbocycles. The van der Waals surface area contributed by atoms with E-state index < -0.39 is 0 Å². The van der Waals surface area contributed by atoms with Crippen LogP contribution in [0.15, 0.2) is 60.8 Å². The first-order valence-electron chi connectivity index (χ1n) is 7.63. The van der Waals surface area contributed by atoms with E-state index in [0.717, 1.165) is 16.8 Å². The van der Waals surface area contributed by atoms with Crippen LogP contribution in [0.3, 0.4) is 0 Å². The zero-order chi connectivity index (χ0) is 17.1. The monoisotopic (exact) mass is 320 g/mol. The smallest absolute Gasteiger partial charge is 0.257 e. The van der Waals surface area contributed by atoms with Crippen LogP contribution < -0.4 is 5.32 Å². The van der Waals surface area contributed by atoms with E-state index in [1.165, 1.54) is 23.9 Å². The second-order valence-electron chi connectivity index (χ2n) is 5.69. The first kappa shape index (κ1) is 15.9. The molecule has 4 heteroatoms. The number of hydrogen-bond acceptors (Lipinski definition) is 2. The highest BCUT2D eigenvalue weighted by molar-refractivity contribution is 6.04. The summed E-state index contributed by atoms with van der Waals surface area (Å²) >= 11 is 0. The van der Waals surface area contributed by atoms with Crippen LogP contribution >= 0.6 is 0 Å². The Morgan fingerprint density at radius 3 is 2.33 bits per heavy atom. The summed E-state index contributed by atoms with van der Waals surface area (Å²) in [5, 5.41) is 2.86. The number of amides is 1. The molecular formula is C20H17FN2O. The lowest BCUT2D eigenvalue weighted by atomic mass is 10.1. The number of benzene rings is 2. The molecule has 1 heterocycles. The van der Waals surface area contributed by atoms with Gasteiger partial charge in [-0.3, -0.25) is 9.78 Å². The minimum Gasteiger partial charge on any atom is -0.322 e. The first-order valence-corrected chi connectivity index (χ1v) is 7.63. The third-order valence-electron chi connectivity index (χ3n) is 3.93. The van der Waals surface area contributed by atoms with Crippen molar-refractivity contribution in [3.8, 4) is 11.3 Å². The van der Waals surface area contributed by atoms with Crippen molar-refractivity contribution in [3.05, 3.63) is 83.3 Å². The van der Waals surface area contributed by atoms with Crippen LogP contribution in [0, 0.1) is 19.7 Å². The quantitative estimate of drug-likeness (QED) is 0.756. The van der Waals surface area contributed by atoms with Crippen LogP contribution in [0.2, 0.25) is 0 Å². The molecule has 0 aliphatic rings. The molecule has 0 atom stereocenters. The van der Waals surface area contributed by atoms with E-state index in [2.05, 4.69) is 10.3 Å². The molecule has 120 valence electrons. The van der Waals surface area contributed by atoms with E-state index in [9.17, 15) is 9.18 Å². The number of nitrogens with zero attached hydrogens (tertiary/aromatic N) is 1. The Bertz CT molecular complexity index is 871. The van der Waals surface area contributed by atoms with E-state index >= 15 is 0 Å². The normalized spacial score (nSPS) is 10.5. The molecule has 0 radical (unpaired) electrons. The van der Waals surface area contributed by atoms with Gasteiger partial charge in [-0.15, -0.1) is 0 Å². The summed E-state index contributed by atoms with van der Waals surface area (Å²) in [5.41, 5.74) is 5.02. The Kier molecular flexibility index (Phi) is 4.38. The Labute approximate surface area is 140 Å². The van der Waals surface area contributed by atoms with Crippen LogP contribution in [0.1, 0.15) is 21.5 Å². The maximum atomic E-state index is 13.0. The van der Waals surface area contributed by atoms with Crippen LogP contribution in [-0.4, -0.2) is 10.9 Å². The molecule has 0 saturated carbocycles. The van der Waals surface area contributed by atoms with Crippen LogP contribution in [0.25, 0.3) is 11.3 Å². The highest BCUT2D eigenvalue weighted by atomic mass is 19.1. The van der Waals surface area contributed by atoms with E-state index in [1.54, 1.807) is 24.3 Å². The van der Waals surface area contributed by atoms with Gasteiger partial charge in [0.2, 0.25) is 0 Å². The minimum absolute atomic E-state index is 0.212. The number of anilines is 1. The van der Waals surface area contributed by atoms with Crippen molar-refractivity contribution >= 4 is 11.6 Å². The van der Waals surface area contributed by atoms with Crippen molar-refractivity contribution in [1.82, 2.24) is 4.98 Å². The SMILES string of the molecule is Cc1ccc(NC(=O)c2ccc(-c3ccc(F)cc3)nc2)cc1C. The Hall–Kier alpha value is -3.01. The number of aromatic nitrogens is 1. The Morgan fingerprint density at radius 2 is 1.71 bits per heavy atom. The van der Waals surface area contributed by atoms with Crippen LogP contribution in [0.5, 0.6) is 0 Å². The largest absolute Gasteiger partial charge is 0.322 e. The van der Waals surface area contributed by atoms with Gasteiger partial charge in [0.15, 0.2) is 0 Å². The molecule has 0 aliphatic carbocycles. The van der Waals surface area contributed by atoms with Gasteiger partial charge in [0.25, 0.3) is 5.91 Å². The second kappa shape index (κ2) is 6.62. The van der Waals surface area contributed by atoms with Crippen molar-refractivity contribution in [2.75, 3.05) is 5.32 Å². The number of aryl methyl sites for hydroxylation is 2. The number of carbonyl (C=O) groups is 1. The predicted molar refractivity (Wildman–Crippen MR) is 93.5 cm³/mol. The van der Waals surface area contributed by atoms with Gasteiger partial charge in [0.05, 0.1) is 11.3 Å². The molecule has 1 N–H and O–H groups in total. The number of carbonyl (C=O) groups excluding carboxylic acids is 1. The van der Waals surface area contributed by atoms with E-state index in [0.29, 0.717) is 11.3 Å². The summed E-state index contributed by atoms with van der Waals surface area (Å²) in [5.74, 6) is -0.500. The van der Waals surface area contributed by atoms with Gasteiger partial charge in [-0.2, -0.15) is 0 Å². The van der Waals surface area contributed by atoms with Crippen LogP contribution in [-0.2, 0) is 0 Å². The molecule has 0 spiro atoms. The van der Waals surface area contributed by atoms with Gasteiger partial charge in [0.1, 0.15) is 5.82 Å². The van der Waals surface area contributed by atoms with Gasteiger partial charge in [-0.25, -0.2) is 4.39 Å². The first-order chi connectivity index (χ1) is 11.5. The second-order valence-corrected chi connectivity index (χ2v) is 5.69. The fraction of sp³-hybridized carbons (Fsp3) is 0.100. The summed E-state index contributed by atoms with van der Waals surface area (Å²) in [7, 11) is 0. The topological polar surface area (TPSA) is 42.0 Å². The average Bonchev–Trinajstić information content (AvgIpc) is 2.59. The highest BCUT2D eigenvalue weighted by Crippen LogP contribution is 2.19. The van der Waals surface area contributed by atoms with E-state index in [-0.39, 0.29) is 11.7 Å². The van der Waals surface area contributed by atoms with Crippen molar-refractivity contribution in [1.29, 1.82) is 0 Å². The number of rotatable bonds is 3. The summed E-state index contributed by atoms with van der Waals surface area (Å²) in [6, 6.07) is 15.3. The van der Waals surface area contributed by atoms with Gasteiger partial charge in [0, 0.05) is 17.4 Å². The summed E-state index contributed by atoms with van der Waals surface area (Å²) in [6.07, 6.45) is 1.52. The highest BCUT2D eigenvalue weighted by Gasteiger charge is 2.08. The molecule has 0 fully saturated rings. The molecule has 0 unspecified atom stereocenters. The molecular weight excluding hydrogens is 303 g/mol. The molecule has 0 saturated heterocycles. The van der Waals surface area contributed by atoms with Crippen LogP contribution in [0.4, 0.5) is 10.1 Å². The van der Waals surface area contributed by atoms with Gasteiger partial charge < -0.3 is 5.32 Å². The molecule has 1 amide bonds. The Balaban J connectivity index is 1.76. The number of pyridine rings is 1. The maximum Gasteiger partial charge on any atom is 0.257 e. The lowest BCUT2D eigenvalue weighted by Gasteiger charge is -2.08. The lowest BCUT2D eigenvalue weighted by Crippen LogP contribution is -2.12. The average molecular weight is 320 g/mol. The number of halogens is 1. The fourth-order valence-electron chi connectivity index (χ4n) is 2.34. The summed E-state index contributed by atoms with van der Waals surface area (Å²) < 4.78 is 13.0. The van der Waals surface area contributed by atoms with E-state index in [1.807, 2.05) is 32.0 Å². The van der Waals surface area contributed by atoms with Crippen molar-refractivity contribution in [2.24, 2.45) is 0 Å². The van der Waals surface area contributed by atoms with Crippen molar-refractivity contribution < 1.29 is 9.18 Å². The fourth-order valence-corrected chi connectivity index (χ4v) is 2.34. The zero-order valence-electron chi connectivity index (χ0n) is 13.5. The molecule has 0 aliphatic heterocycles. The lowest BCUT2D eigenvalue weighted by molar-refractivity contribution is 0.102. The van der Waals surface area contributed by atoms with Crippen molar-refractivity contribution in [3.63, 3.8) is 0 Å². The summed E-state index contributed by atoms with van der Waals surface area (Å²) in [4.78, 5) is 16.6. The Morgan fingerprint density at radius 1 is 0.958 bits per heavy atom. The standard InChI is InChI=1S/C20H17FN2O/c1-13-3-9-18(11-14(13)2)23-20(24)16-6-10-19(22-12-16)15-4-7-17(21)8-5-15/h3-12H,1-2H3,(H,23,24).